The van der Waals surface area contributed by atoms with E-state index >= 15 is 0 Å². The summed E-state index contributed by atoms with van der Waals surface area (Å²) in [7, 11) is 2.17. The van der Waals surface area contributed by atoms with Crippen LogP contribution in [-0.2, 0) is 9.53 Å². The highest BCUT2D eigenvalue weighted by atomic mass is 16.5. The first-order chi connectivity index (χ1) is 10.2. The summed E-state index contributed by atoms with van der Waals surface area (Å²) in [5, 5.41) is 3.52. The molecule has 1 aliphatic carbocycles. The molecule has 5 nitrogen and oxygen atoms in total. The first kappa shape index (κ1) is 14.0. The Morgan fingerprint density at radius 2 is 2.05 bits per heavy atom. The molecule has 0 unspecified atom stereocenters. The number of amides is 1. The zero-order valence-corrected chi connectivity index (χ0v) is 13.0. The normalized spacial score (nSPS) is 39.1. The minimum absolute atomic E-state index is 0.0640. The molecular formula is C16H27N3O2. The summed E-state index contributed by atoms with van der Waals surface area (Å²) in [6.45, 7) is 5.52. The van der Waals surface area contributed by atoms with E-state index in [0.29, 0.717) is 24.5 Å². The largest absolute Gasteiger partial charge is 0.371 e. The number of carbonyl (C=O) groups excluding carboxylic acids is 1. The molecular weight excluding hydrogens is 266 g/mol. The number of fused-ring (bicyclic) bond motifs is 2. The van der Waals surface area contributed by atoms with Crippen molar-refractivity contribution in [2.75, 3.05) is 46.4 Å². The average Bonchev–Trinajstić information content (AvgIpc) is 3.10. The molecule has 1 saturated carbocycles. The molecule has 0 aromatic rings. The van der Waals surface area contributed by atoms with Crippen LogP contribution in [0.25, 0.3) is 0 Å². The van der Waals surface area contributed by atoms with Gasteiger partial charge in [0.25, 0.3) is 0 Å². The lowest BCUT2D eigenvalue weighted by Gasteiger charge is -2.47. The number of hydrogen-bond donors (Lipinski definition) is 1. The van der Waals surface area contributed by atoms with Gasteiger partial charge in [0.05, 0.1) is 18.1 Å². The Kier molecular flexibility index (Phi) is 3.47. The lowest BCUT2D eigenvalue weighted by atomic mass is 9.88. The maximum Gasteiger partial charge on any atom is 0.227 e. The Bertz CT molecular complexity index is 400. The highest BCUT2D eigenvalue weighted by Crippen LogP contribution is 2.39. The van der Waals surface area contributed by atoms with Crippen LogP contribution in [0.15, 0.2) is 0 Å². The summed E-state index contributed by atoms with van der Waals surface area (Å²) >= 11 is 0. The van der Waals surface area contributed by atoms with Gasteiger partial charge in [-0.25, -0.2) is 0 Å². The van der Waals surface area contributed by atoms with Crippen molar-refractivity contribution in [2.24, 2.45) is 11.8 Å². The molecule has 3 saturated heterocycles. The molecule has 0 aromatic heterocycles. The second-order valence-electron chi connectivity index (χ2n) is 7.47. The number of hydrogen-bond acceptors (Lipinski definition) is 4. The Balaban J connectivity index is 1.44. The molecule has 3 atom stereocenters. The lowest BCUT2D eigenvalue weighted by molar-refractivity contribution is -0.162. The Morgan fingerprint density at radius 3 is 2.67 bits per heavy atom. The van der Waals surface area contributed by atoms with Crippen molar-refractivity contribution < 1.29 is 9.53 Å². The van der Waals surface area contributed by atoms with E-state index in [2.05, 4.69) is 22.2 Å². The smallest absolute Gasteiger partial charge is 0.227 e. The molecule has 3 heterocycles. The summed E-state index contributed by atoms with van der Waals surface area (Å²) in [4.78, 5) is 17.5. The first-order valence-corrected chi connectivity index (χ1v) is 8.52. The fourth-order valence-electron chi connectivity index (χ4n) is 4.79. The number of morpholine rings is 1. The van der Waals surface area contributed by atoms with Crippen LogP contribution in [0.4, 0.5) is 0 Å². The van der Waals surface area contributed by atoms with Crippen LogP contribution in [0, 0.1) is 11.8 Å². The van der Waals surface area contributed by atoms with Gasteiger partial charge >= 0.3 is 0 Å². The van der Waals surface area contributed by atoms with Gasteiger partial charge in [0.1, 0.15) is 0 Å². The maximum absolute atomic E-state index is 13.0. The van der Waals surface area contributed by atoms with Crippen molar-refractivity contribution in [1.82, 2.24) is 15.1 Å². The monoisotopic (exact) mass is 293 g/mol. The van der Waals surface area contributed by atoms with E-state index in [0.717, 1.165) is 45.6 Å². The SMILES string of the molecule is CN1CCC2(CC1)CN(C(=O)[C@@H]1[C@H]3CC[C@@H]1NC3)CCO2. The average molecular weight is 293 g/mol. The molecule has 21 heavy (non-hydrogen) atoms. The van der Waals surface area contributed by atoms with Gasteiger partial charge in [-0.15, -0.1) is 0 Å². The predicted octanol–water partition coefficient (Wildman–Crippen LogP) is 0.308. The van der Waals surface area contributed by atoms with E-state index < -0.39 is 0 Å². The molecule has 4 fully saturated rings. The highest BCUT2D eigenvalue weighted by molar-refractivity contribution is 5.81. The van der Waals surface area contributed by atoms with Crippen LogP contribution in [-0.4, -0.2) is 73.7 Å². The van der Waals surface area contributed by atoms with Crippen LogP contribution < -0.4 is 5.32 Å². The quantitative estimate of drug-likeness (QED) is 0.756. The second kappa shape index (κ2) is 5.21. The topological polar surface area (TPSA) is 44.8 Å². The van der Waals surface area contributed by atoms with Crippen molar-refractivity contribution in [3.05, 3.63) is 0 Å². The third kappa shape index (κ3) is 2.39. The minimum atomic E-state index is -0.0640. The fraction of sp³-hybridized carbons (Fsp3) is 0.938. The zero-order chi connectivity index (χ0) is 14.4. The third-order valence-corrected chi connectivity index (χ3v) is 6.18. The Morgan fingerprint density at radius 1 is 1.24 bits per heavy atom. The maximum atomic E-state index is 13.0. The van der Waals surface area contributed by atoms with Crippen molar-refractivity contribution >= 4 is 5.91 Å². The van der Waals surface area contributed by atoms with Gasteiger partial charge in [0.2, 0.25) is 5.91 Å². The molecule has 2 bridgehead atoms. The molecule has 1 spiro atoms. The molecule has 0 aromatic carbocycles. The van der Waals surface area contributed by atoms with Crippen LogP contribution >= 0.6 is 0 Å². The molecule has 0 radical (unpaired) electrons. The summed E-state index contributed by atoms with van der Waals surface area (Å²) in [6.07, 6.45) is 4.53. The Hall–Kier alpha value is -0.650. The van der Waals surface area contributed by atoms with Gasteiger partial charge in [-0.1, -0.05) is 0 Å². The van der Waals surface area contributed by atoms with Crippen molar-refractivity contribution in [3.63, 3.8) is 0 Å². The molecule has 4 rings (SSSR count). The summed E-state index contributed by atoms with van der Waals surface area (Å²) < 4.78 is 6.13. The van der Waals surface area contributed by atoms with E-state index in [1.165, 1.54) is 12.8 Å². The number of rotatable bonds is 1. The van der Waals surface area contributed by atoms with Gasteiger partial charge in [0, 0.05) is 32.2 Å². The zero-order valence-electron chi connectivity index (χ0n) is 13.0. The van der Waals surface area contributed by atoms with E-state index in [1.54, 1.807) is 0 Å². The van der Waals surface area contributed by atoms with E-state index in [9.17, 15) is 4.79 Å². The van der Waals surface area contributed by atoms with Crippen LogP contribution in [0.3, 0.4) is 0 Å². The van der Waals surface area contributed by atoms with Gasteiger partial charge < -0.3 is 19.9 Å². The lowest BCUT2D eigenvalue weighted by Crippen LogP contribution is -2.59. The summed E-state index contributed by atoms with van der Waals surface area (Å²) in [5.74, 6) is 1.22. The Labute approximate surface area is 127 Å². The van der Waals surface area contributed by atoms with Gasteiger partial charge in [0.15, 0.2) is 0 Å². The van der Waals surface area contributed by atoms with Gasteiger partial charge in [-0.05, 0) is 45.2 Å². The summed E-state index contributed by atoms with van der Waals surface area (Å²) in [5.41, 5.74) is -0.0640. The predicted molar refractivity (Wildman–Crippen MR) is 80.0 cm³/mol. The molecule has 4 aliphatic rings. The second-order valence-corrected chi connectivity index (χ2v) is 7.47. The molecule has 1 amide bonds. The van der Waals surface area contributed by atoms with Crippen molar-refractivity contribution in [2.45, 2.75) is 37.3 Å². The highest BCUT2D eigenvalue weighted by Gasteiger charge is 2.49. The first-order valence-electron chi connectivity index (χ1n) is 8.52. The fourth-order valence-corrected chi connectivity index (χ4v) is 4.79. The standard InChI is InChI=1S/C16H27N3O2/c1-18-6-4-16(5-7-18)11-19(8-9-21-16)15(20)14-12-2-3-13(14)17-10-12/h12-14,17H,2-11H2,1H3/t12-,13-,14+/m0/s1. The van der Waals surface area contributed by atoms with Gasteiger partial charge in [-0.2, -0.15) is 0 Å². The van der Waals surface area contributed by atoms with Crippen LogP contribution in [0.5, 0.6) is 0 Å². The van der Waals surface area contributed by atoms with E-state index in [4.69, 9.17) is 4.74 Å². The van der Waals surface area contributed by atoms with E-state index in [1.807, 2.05) is 0 Å². The molecule has 5 heteroatoms. The number of carbonyl (C=O) groups is 1. The molecule has 1 N–H and O–H groups in total. The minimum Gasteiger partial charge on any atom is -0.371 e. The number of likely N-dealkylation sites (tertiary alicyclic amines) is 1. The molecule has 118 valence electrons. The van der Waals surface area contributed by atoms with Crippen molar-refractivity contribution in [3.8, 4) is 0 Å². The number of nitrogens with one attached hydrogen (secondary N) is 1. The third-order valence-electron chi connectivity index (χ3n) is 6.18. The van der Waals surface area contributed by atoms with Crippen LogP contribution in [0.2, 0.25) is 0 Å². The van der Waals surface area contributed by atoms with Gasteiger partial charge in [-0.3, -0.25) is 4.79 Å². The van der Waals surface area contributed by atoms with Crippen molar-refractivity contribution in [1.29, 1.82) is 0 Å². The summed E-state index contributed by atoms with van der Waals surface area (Å²) in [6, 6.07) is 0.443. The van der Waals surface area contributed by atoms with E-state index in [-0.39, 0.29) is 11.5 Å². The molecule has 3 aliphatic heterocycles. The number of nitrogens with zero attached hydrogens (tertiary/aromatic N) is 2. The number of ether oxygens (including phenoxy) is 1. The van der Waals surface area contributed by atoms with Crippen LogP contribution in [0.1, 0.15) is 25.7 Å². The number of piperidine rings is 2.